The topological polar surface area (TPSA) is 12.9 Å². The van der Waals surface area contributed by atoms with Crippen molar-refractivity contribution in [3.05, 3.63) is 104 Å². The number of benzene rings is 2. The maximum Gasteiger partial charge on any atom is 3.00 e. The average Bonchev–Trinajstić information content (AvgIpc) is 3.16. The first kappa shape index (κ1) is 29.4. The average molecular weight is 477 g/mol. The molecule has 2 aromatic carbocycles. The van der Waals surface area contributed by atoms with Gasteiger partial charge in [-0.05, 0) is 5.52 Å². The van der Waals surface area contributed by atoms with E-state index in [9.17, 15) is 13.2 Å². The number of pyridine rings is 1. The molecule has 0 unspecified atom stereocenters. The summed E-state index contributed by atoms with van der Waals surface area (Å²) in [5.41, 5.74) is 2.06. The van der Waals surface area contributed by atoms with Gasteiger partial charge in [0.2, 0.25) is 0 Å². The van der Waals surface area contributed by atoms with Crippen molar-refractivity contribution in [1.29, 1.82) is 0 Å². The molecular formula is C22H19Cl2CrF3N. The molecule has 1 radical (unpaired) electrons. The third-order valence-corrected chi connectivity index (χ3v) is 3.67. The predicted octanol–water partition coefficient (Wildman–Crippen LogP) is 7.18. The van der Waals surface area contributed by atoms with Gasteiger partial charge in [-0.15, -0.1) is 48.3 Å². The first-order valence-electron chi connectivity index (χ1n) is 7.70. The Labute approximate surface area is 192 Å². The number of halogens is 5. The summed E-state index contributed by atoms with van der Waals surface area (Å²) in [4.78, 5) is 4.13. The summed E-state index contributed by atoms with van der Waals surface area (Å²) in [7, 11) is 0. The fourth-order valence-electron chi connectivity index (χ4n) is 2.40. The Morgan fingerprint density at radius 2 is 1.59 bits per heavy atom. The van der Waals surface area contributed by atoms with Crippen molar-refractivity contribution < 1.29 is 30.5 Å². The van der Waals surface area contributed by atoms with Gasteiger partial charge in [-0.3, -0.25) is 11.1 Å². The van der Waals surface area contributed by atoms with Gasteiger partial charge in [0.25, 0.3) is 0 Å². The number of para-hydroxylation sites is 1. The predicted molar refractivity (Wildman–Crippen MR) is 113 cm³/mol. The number of alkyl halides is 3. The molecule has 0 amide bonds. The van der Waals surface area contributed by atoms with Gasteiger partial charge in [0, 0.05) is 6.20 Å². The number of fused-ring (bicyclic) bond motifs is 1. The van der Waals surface area contributed by atoms with Gasteiger partial charge in [0.1, 0.15) is 0 Å². The van der Waals surface area contributed by atoms with Gasteiger partial charge >= 0.3 is 23.5 Å². The monoisotopic (exact) mass is 476 g/mol. The van der Waals surface area contributed by atoms with Crippen LogP contribution in [0, 0.1) is 19.6 Å². The largest absolute Gasteiger partial charge is 3.00 e. The van der Waals surface area contributed by atoms with Crippen LogP contribution in [0.25, 0.3) is 16.5 Å². The summed E-state index contributed by atoms with van der Waals surface area (Å²) in [5.74, 6) is 0. The van der Waals surface area contributed by atoms with Crippen LogP contribution in [0.15, 0.2) is 72.9 Å². The summed E-state index contributed by atoms with van der Waals surface area (Å²) < 4.78 is 36.8. The minimum absolute atomic E-state index is 0. The fourth-order valence-corrected chi connectivity index (χ4v) is 2.40. The zero-order valence-corrected chi connectivity index (χ0v) is 18.3. The minimum atomic E-state index is -4.26. The molecule has 0 saturated heterocycles. The van der Waals surface area contributed by atoms with E-state index in [1.54, 1.807) is 12.3 Å². The van der Waals surface area contributed by atoms with Crippen molar-refractivity contribution in [2.24, 2.45) is 0 Å². The Kier molecular flexibility index (Phi) is 13.7. The van der Waals surface area contributed by atoms with Crippen LogP contribution in [-0.2, 0) is 23.5 Å². The van der Waals surface area contributed by atoms with E-state index < -0.39 is 11.7 Å². The van der Waals surface area contributed by atoms with Crippen molar-refractivity contribution in [3.8, 4) is 0 Å². The molecule has 0 fully saturated rings. The van der Waals surface area contributed by atoms with Gasteiger partial charge in [0.15, 0.2) is 0 Å². The van der Waals surface area contributed by atoms with E-state index in [-0.39, 0.29) is 49.6 Å². The molecule has 153 valence electrons. The summed E-state index contributed by atoms with van der Waals surface area (Å²) in [6.07, 6.45) is 4.95. The third kappa shape index (κ3) is 8.24. The Balaban J connectivity index is 0. The summed E-state index contributed by atoms with van der Waals surface area (Å²) in [6, 6.07) is 18.0. The van der Waals surface area contributed by atoms with Crippen LogP contribution in [0.4, 0.5) is 13.2 Å². The van der Waals surface area contributed by atoms with Gasteiger partial charge < -0.3 is 7.43 Å². The van der Waals surface area contributed by atoms with Crippen LogP contribution in [-0.4, -0.2) is 4.98 Å². The van der Waals surface area contributed by atoms with Crippen LogP contribution in [0.3, 0.4) is 0 Å². The number of nitrogens with zero attached hydrogens (tertiary/aromatic N) is 1. The smallest absolute Gasteiger partial charge is 0.358 e. The van der Waals surface area contributed by atoms with Gasteiger partial charge in [-0.2, -0.15) is 49.1 Å². The van der Waals surface area contributed by atoms with Crippen molar-refractivity contribution in [1.82, 2.24) is 4.98 Å². The Hall–Kier alpha value is -1.77. The number of hydrogen-bond acceptors (Lipinski definition) is 1. The summed E-state index contributed by atoms with van der Waals surface area (Å²) in [5, 5.41) is 1.14. The zero-order chi connectivity index (χ0) is 17.7. The van der Waals surface area contributed by atoms with Crippen molar-refractivity contribution in [2.45, 2.75) is 12.6 Å². The van der Waals surface area contributed by atoms with Crippen molar-refractivity contribution in [3.63, 3.8) is 0 Å². The van der Waals surface area contributed by atoms with Crippen LogP contribution in [0.5, 0.6) is 0 Å². The van der Waals surface area contributed by atoms with Gasteiger partial charge in [0.05, 0.1) is 5.56 Å². The van der Waals surface area contributed by atoms with Crippen molar-refractivity contribution in [2.75, 3.05) is 0 Å². The van der Waals surface area contributed by atoms with E-state index in [1.807, 2.05) is 36.4 Å². The van der Waals surface area contributed by atoms with E-state index in [2.05, 4.69) is 17.1 Å². The normalized spacial score (nSPS) is 11.5. The molecule has 0 spiro atoms. The molecule has 3 aromatic rings. The van der Waals surface area contributed by atoms with Crippen molar-refractivity contribution >= 4 is 41.3 Å². The second-order valence-corrected chi connectivity index (χ2v) is 5.40. The molecule has 0 N–H and O–H groups in total. The van der Waals surface area contributed by atoms with Gasteiger partial charge in [-0.25, -0.2) is 6.08 Å². The number of hydrogen-bond donors (Lipinski definition) is 0. The molecule has 1 aromatic heterocycles. The van der Waals surface area contributed by atoms with Crippen LogP contribution in [0.2, 0.25) is 0 Å². The molecule has 29 heavy (non-hydrogen) atoms. The molecule has 0 bridgehead atoms. The number of aromatic nitrogens is 1. The molecular weight excluding hydrogens is 458 g/mol. The second kappa shape index (κ2) is 13.5. The first-order valence-corrected chi connectivity index (χ1v) is 7.70. The summed E-state index contributed by atoms with van der Waals surface area (Å²) >= 11 is 0. The quantitative estimate of drug-likeness (QED) is 0.339. The second-order valence-electron chi connectivity index (χ2n) is 5.40. The van der Waals surface area contributed by atoms with Crippen LogP contribution >= 0.6 is 24.8 Å². The molecule has 0 aliphatic heterocycles. The molecule has 1 heterocycles. The molecule has 0 saturated carbocycles. The van der Waals surface area contributed by atoms with Crippen LogP contribution in [0.1, 0.15) is 17.5 Å². The van der Waals surface area contributed by atoms with E-state index in [0.29, 0.717) is 0 Å². The van der Waals surface area contributed by atoms with E-state index in [1.165, 1.54) is 12.1 Å². The maximum atomic E-state index is 12.3. The van der Waals surface area contributed by atoms with E-state index >= 15 is 0 Å². The maximum absolute atomic E-state index is 12.3. The molecule has 1 aliphatic carbocycles. The standard InChI is InChI=1S/C12H8F3.C9H6N.CH3.2ClH.Cr/c13-12(14,15)11-7-5-10(6-8-11)9-3-1-2-4-9;1-2-6-9-8(4-1)5-3-7-10-9;;;;/h3-8H,1H2;1-5,7H;1H3;2*1H;/q3*-1;;;+3. The Morgan fingerprint density at radius 1 is 0.931 bits per heavy atom. The SMILES string of the molecule is Cl.Cl.FC(F)(F)c1ccc(C2=CC[C-]=C2)cc1.[CH3-].[Cr+3].[c-]1cccc2cccnc12. The number of rotatable bonds is 1. The molecule has 4 rings (SSSR count). The van der Waals surface area contributed by atoms with Crippen LogP contribution < -0.4 is 0 Å². The minimum Gasteiger partial charge on any atom is -0.358 e. The van der Waals surface area contributed by atoms with E-state index in [0.717, 1.165) is 40.6 Å². The Bertz CT molecular complexity index is 858. The zero-order valence-electron chi connectivity index (χ0n) is 15.4. The molecule has 0 atom stereocenters. The third-order valence-electron chi connectivity index (χ3n) is 3.67. The summed E-state index contributed by atoms with van der Waals surface area (Å²) in [6.45, 7) is 0. The molecule has 7 heteroatoms. The fraction of sp³-hybridized carbons (Fsp3) is 0.0909. The van der Waals surface area contributed by atoms with E-state index in [4.69, 9.17) is 0 Å². The number of allylic oxidation sites excluding steroid dienone is 4. The molecule has 1 nitrogen and oxygen atoms in total. The Morgan fingerprint density at radius 3 is 2.14 bits per heavy atom. The van der Waals surface area contributed by atoms with Gasteiger partial charge in [-0.1, -0.05) is 30.3 Å². The molecule has 1 aliphatic rings. The first-order chi connectivity index (χ1) is 12.0.